The summed E-state index contributed by atoms with van der Waals surface area (Å²) in [6, 6.07) is 12.1. The highest BCUT2D eigenvalue weighted by atomic mass is 19.1. The van der Waals surface area contributed by atoms with Crippen LogP contribution in [0.2, 0.25) is 0 Å². The number of aromatic nitrogens is 1. The Labute approximate surface area is 122 Å². The molecule has 0 amide bonds. The Kier molecular flexibility index (Phi) is 3.34. The van der Waals surface area contributed by atoms with Gasteiger partial charge < -0.3 is 4.98 Å². The first-order valence-electron chi connectivity index (χ1n) is 6.97. The monoisotopic (exact) mass is 281 g/mol. The average Bonchev–Trinajstić information content (AvgIpc) is 2.86. The number of hydrogen-bond donors (Lipinski definition) is 1. The van der Waals surface area contributed by atoms with E-state index in [1.165, 1.54) is 17.7 Å². The zero-order chi connectivity index (χ0) is 15.0. The van der Waals surface area contributed by atoms with E-state index in [2.05, 4.69) is 24.9 Å². The van der Waals surface area contributed by atoms with Crippen LogP contribution in [0, 0.1) is 5.82 Å². The van der Waals surface area contributed by atoms with Crippen molar-refractivity contribution in [1.82, 2.24) is 4.98 Å². The molecule has 3 aromatic rings. The summed E-state index contributed by atoms with van der Waals surface area (Å²) in [5.41, 5.74) is 4.33. The van der Waals surface area contributed by atoms with Crippen molar-refractivity contribution < 1.29 is 9.18 Å². The number of para-hydroxylation sites is 1. The van der Waals surface area contributed by atoms with Gasteiger partial charge in [-0.2, -0.15) is 0 Å². The summed E-state index contributed by atoms with van der Waals surface area (Å²) >= 11 is 0. The van der Waals surface area contributed by atoms with E-state index in [4.69, 9.17) is 0 Å². The summed E-state index contributed by atoms with van der Waals surface area (Å²) in [5, 5.41) is 0.913. The molecule has 0 unspecified atom stereocenters. The van der Waals surface area contributed by atoms with Crippen molar-refractivity contribution in [3.63, 3.8) is 0 Å². The highest BCUT2D eigenvalue weighted by Crippen LogP contribution is 2.33. The fraction of sp³-hybridized carbons (Fsp3) is 0.167. The molecule has 2 aromatic carbocycles. The second-order valence-electron chi connectivity index (χ2n) is 5.46. The number of halogens is 1. The molecule has 3 heteroatoms. The largest absolute Gasteiger partial charge is 0.354 e. The predicted octanol–water partition coefficient (Wildman–Crippen LogP) is 4.91. The van der Waals surface area contributed by atoms with Crippen LogP contribution in [0.5, 0.6) is 0 Å². The minimum absolute atomic E-state index is 0.287. The molecular formula is C18H16FNO. The summed E-state index contributed by atoms with van der Waals surface area (Å²) in [6.07, 6.45) is 0.863. The van der Waals surface area contributed by atoms with Crippen LogP contribution in [-0.4, -0.2) is 11.3 Å². The second-order valence-corrected chi connectivity index (χ2v) is 5.46. The molecule has 1 heterocycles. The topological polar surface area (TPSA) is 32.9 Å². The molecule has 0 aliphatic carbocycles. The lowest BCUT2D eigenvalue weighted by atomic mass is 9.99. The van der Waals surface area contributed by atoms with Gasteiger partial charge in [-0.25, -0.2) is 4.39 Å². The molecule has 0 aliphatic heterocycles. The van der Waals surface area contributed by atoms with E-state index in [9.17, 15) is 9.18 Å². The molecule has 1 aromatic heterocycles. The Hall–Kier alpha value is -2.42. The zero-order valence-electron chi connectivity index (χ0n) is 12.0. The Morgan fingerprint density at radius 1 is 1.10 bits per heavy atom. The molecule has 0 saturated carbocycles. The molecule has 0 saturated heterocycles. The molecule has 106 valence electrons. The molecule has 0 radical (unpaired) electrons. The molecule has 3 rings (SSSR count). The maximum absolute atomic E-state index is 13.1. The maximum atomic E-state index is 13.1. The molecule has 0 fully saturated rings. The summed E-state index contributed by atoms with van der Waals surface area (Å²) in [5.74, 6) is 0.0679. The van der Waals surface area contributed by atoms with Gasteiger partial charge in [0.05, 0.1) is 11.2 Å². The van der Waals surface area contributed by atoms with Crippen molar-refractivity contribution in [2.75, 3.05) is 0 Å². The third kappa shape index (κ3) is 2.25. The molecular weight excluding hydrogens is 265 g/mol. The minimum atomic E-state index is -0.287. The van der Waals surface area contributed by atoms with Crippen LogP contribution < -0.4 is 0 Å². The number of fused-ring (bicyclic) bond motifs is 1. The van der Waals surface area contributed by atoms with E-state index in [-0.39, 0.29) is 5.82 Å². The number of aldehydes is 1. The number of carbonyl (C=O) groups is 1. The summed E-state index contributed by atoms with van der Waals surface area (Å²) in [4.78, 5) is 14.9. The van der Waals surface area contributed by atoms with Gasteiger partial charge in [0, 0.05) is 10.9 Å². The smallest absolute Gasteiger partial charge is 0.152 e. The molecule has 2 nitrogen and oxygen atoms in total. The van der Waals surface area contributed by atoms with E-state index in [1.807, 2.05) is 12.1 Å². The van der Waals surface area contributed by atoms with Gasteiger partial charge in [-0.1, -0.05) is 32.0 Å². The van der Waals surface area contributed by atoms with E-state index < -0.39 is 0 Å². The van der Waals surface area contributed by atoms with Crippen LogP contribution in [0.25, 0.3) is 22.2 Å². The van der Waals surface area contributed by atoms with Crippen LogP contribution in [0.15, 0.2) is 42.5 Å². The number of H-pyrrole nitrogens is 1. The van der Waals surface area contributed by atoms with Gasteiger partial charge in [0.2, 0.25) is 0 Å². The van der Waals surface area contributed by atoms with Gasteiger partial charge in [-0.3, -0.25) is 4.79 Å². The molecule has 0 atom stereocenters. The van der Waals surface area contributed by atoms with Crippen LogP contribution in [0.1, 0.15) is 35.7 Å². The van der Waals surface area contributed by atoms with Gasteiger partial charge in [0.25, 0.3) is 0 Å². The molecule has 0 aliphatic rings. The Morgan fingerprint density at radius 2 is 1.81 bits per heavy atom. The van der Waals surface area contributed by atoms with Crippen LogP contribution in [0.3, 0.4) is 0 Å². The van der Waals surface area contributed by atoms with Crippen molar-refractivity contribution in [1.29, 1.82) is 0 Å². The lowest BCUT2D eigenvalue weighted by Crippen LogP contribution is -1.88. The van der Waals surface area contributed by atoms with Gasteiger partial charge in [-0.05, 0) is 41.3 Å². The minimum Gasteiger partial charge on any atom is -0.354 e. The van der Waals surface area contributed by atoms with Crippen LogP contribution in [-0.2, 0) is 0 Å². The number of nitrogens with one attached hydrogen (secondary N) is 1. The average molecular weight is 281 g/mol. The SMILES string of the molecule is CC(C)c1cccc2c(C=O)c(-c3ccc(F)cc3)[nH]c12. The summed E-state index contributed by atoms with van der Waals surface area (Å²) in [7, 11) is 0. The molecule has 0 spiro atoms. The molecule has 0 bridgehead atoms. The first-order chi connectivity index (χ1) is 10.1. The van der Waals surface area contributed by atoms with Crippen molar-refractivity contribution in [3.8, 4) is 11.3 Å². The highest BCUT2D eigenvalue weighted by molar-refractivity contribution is 6.05. The third-order valence-corrected chi connectivity index (χ3v) is 3.78. The Balaban J connectivity index is 2.30. The number of carbonyl (C=O) groups excluding carboxylic acids is 1. The zero-order valence-corrected chi connectivity index (χ0v) is 12.0. The fourth-order valence-corrected chi connectivity index (χ4v) is 2.71. The first-order valence-corrected chi connectivity index (χ1v) is 6.97. The normalized spacial score (nSPS) is 11.2. The standard InChI is InChI=1S/C18H16FNO/c1-11(2)14-4-3-5-15-16(10-21)17(20-18(14)15)12-6-8-13(19)9-7-12/h3-11,20H,1-2H3. The maximum Gasteiger partial charge on any atom is 0.152 e. The second kappa shape index (κ2) is 5.17. The van der Waals surface area contributed by atoms with E-state index in [1.54, 1.807) is 12.1 Å². The van der Waals surface area contributed by atoms with Crippen LogP contribution in [0.4, 0.5) is 4.39 Å². The van der Waals surface area contributed by atoms with E-state index in [0.29, 0.717) is 11.5 Å². The molecule has 1 N–H and O–H groups in total. The van der Waals surface area contributed by atoms with Gasteiger partial charge >= 0.3 is 0 Å². The fourth-order valence-electron chi connectivity index (χ4n) is 2.71. The van der Waals surface area contributed by atoms with Crippen LogP contribution >= 0.6 is 0 Å². The predicted molar refractivity (Wildman–Crippen MR) is 83.2 cm³/mol. The number of hydrogen-bond acceptors (Lipinski definition) is 1. The quantitative estimate of drug-likeness (QED) is 0.680. The highest BCUT2D eigenvalue weighted by Gasteiger charge is 2.15. The lowest BCUT2D eigenvalue weighted by Gasteiger charge is -2.06. The Bertz CT molecular complexity index is 800. The van der Waals surface area contributed by atoms with Crippen molar-refractivity contribution in [3.05, 3.63) is 59.4 Å². The third-order valence-electron chi connectivity index (χ3n) is 3.78. The van der Waals surface area contributed by atoms with Gasteiger partial charge in [-0.15, -0.1) is 0 Å². The van der Waals surface area contributed by atoms with Gasteiger partial charge in [0.15, 0.2) is 6.29 Å². The number of benzene rings is 2. The van der Waals surface area contributed by atoms with E-state index >= 15 is 0 Å². The van der Waals surface area contributed by atoms with E-state index in [0.717, 1.165) is 28.4 Å². The van der Waals surface area contributed by atoms with Crippen molar-refractivity contribution >= 4 is 17.2 Å². The summed E-state index contributed by atoms with van der Waals surface area (Å²) in [6.45, 7) is 4.24. The first kappa shape index (κ1) is 13.6. The summed E-state index contributed by atoms with van der Waals surface area (Å²) < 4.78 is 13.1. The van der Waals surface area contributed by atoms with Crippen molar-refractivity contribution in [2.45, 2.75) is 19.8 Å². The number of aromatic amines is 1. The molecule has 21 heavy (non-hydrogen) atoms. The Morgan fingerprint density at radius 3 is 2.43 bits per heavy atom. The van der Waals surface area contributed by atoms with Crippen molar-refractivity contribution in [2.24, 2.45) is 0 Å². The number of rotatable bonds is 3. The van der Waals surface area contributed by atoms with Gasteiger partial charge in [0.1, 0.15) is 5.82 Å². The lowest BCUT2D eigenvalue weighted by molar-refractivity contribution is 0.112.